The fourth-order valence-electron chi connectivity index (χ4n) is 3.24. The van der Waals surface area contributed by atoms with Gasteiger partial charge in [0.15, 0.2) is 0 Å². The molecule has 3 aromatic rings. The van der Waals surface area contributed by atoms with Gasteiger partial charge < -0.3 is 9.47 Å². The third-order valence-corrected chi connectivity index (χ3v) is 5.76. The molecular formula is C32H14Br4O2. The lowest BCUT2D eigenvalue weighted by Gasteiger charge is -2.09. The quantitative estimate of drug-likeness (QED) is 0.256. The van der Waals surface area contributed by atoms with Gasteiger partial charge in [0.05, 0.1) is 25.3 Å². The first-order valence-corrected chi connectivity index (χ1v) is 13.8. The van der Waals surface area contributed by atoms with Crippen molar-refractivity contribution < 1.29 is 9.47 Å². The van der Waals surface area contributed by atoms with Crippen LogP contribution < -0.4 is 9.47 Å². The van der Waals surface area contributed by atoms with Crippen molar-refractivity contribution >= 4 is 63.7 Å². The van der Waals surface area contributed by atoms with E-state index in [9.17, 15) is 0 Å². The van der Waals surface area contributed by atoms with E-state index in [0.29, 0.717) is 22.6 Å². The van der Waals surface area contributed by atoms with Crippen LogP contribution in [0.15, 0.2) is 48.5 Å². The molecule has 3 rings (SSSR count). The lowest BCUT2D eigenvalue weighted by molar-refractivity contribution is 0.401. The molecule has 0 aliphatic heterocycles. The topological polar surface area (TPSA) is 18.5 Å². The smallest absolute Gasteiger partial charge is 0.136 e. The van der Waals surface area contributed by atoms with Gasteiger partial charge in [0.1, 0.15) is 11.5 Å². The fourth-order valence-corrected chi connectivity index (χ4v) is 4.13. The summed E-state index contributed by atoms with van der Waals surface area (Å²) < 4.78 is 11.3. The van der Waals surface area contributed by atoms with Gasteiger partial charge in [-0.1, -0.05) is 47.4 Å². The van der Waals surface area contributed by atoms with E-state index < -0.39 is 0 Å². The number of ether oxygens (including phenoxy) is 2. The maximum atomic E-state index is 5.64. The van der Waals surface area contributed by atoms with Crippen molar-refractivity contribution in [3.63, 3.8) is 0 Å². The maximum Gasteiger partial charge on any atom is 0.136 e. The van der Waals surface area contributed by atoms with Crippen molar-refractivity contribution in [2.75, 3.05) is 14.2 Å². The Bertz CT molecular complexity index is 1640. The second-order valence-electron chi connectivity index (χ2n) is 7.15. The van der Waals surface area contributed by atoms with E-state index in [4.69, 9.17) is 9.47 Å². The zero-order valence-electron chi connectivity index (χ0n) is 19.9. The first-order chi connectivity index (χ1) is 18.6. The van der Waals surface area contributed by atoms with Crippen molar-refractivity contribution in [3.8, 4) is 78.2 Å². The highest BCUT2D eigenvalue weighted by Gasteiger charge is 2.09. The summed E-state index contributed by atoms with van der Waals surface area (Å²) in [5.41, 5.74) is 5.94. The van der Waals surface area contributed by atoms with Gasteiger partial charge in [-0.3, -0.25) is 0 Å². The van der Waals surface area contributed by atoms with Crippen LogP contribution in [0.1, 0.15) is 44.5 Å². The van der Waals surface area contributed by atoms with Crippen molar-refractivity contribution in [1.82, 2.24) is 0 Å². The molecule has 38 heavy (non-hydrogen) atoms. The van der Waals surface area contributed by atoms with E-state index in [2.05, 4.69) is 130 Å². The zero-order valence-corrected chi connectivity index (χ0v) is 26.3. The van der Waals surface area contributed by atoms with Crippen molar-refractivity contribution in [2.45, 2.75) is 0 Å². The molecule has 0 unspecified atom stereocenters. The highest BCUT2D eigenvalue weighted by atomic mass is 79.9. The molecular weight excluding hydrogens is 736 g/mol. The van der Waals surface area contributed by atoms with Crippen LogP contribution in [0.25, 0.3) is 0 Å². The summed E-state index contributed by atoms with van der Waals surface area (Å²) in [6.45, 7) is 0. The molecule has 0 aliphatic rings. The summed E-state index contributed by atoms with van der Waals surface area (Å²) in [7, 11) is 3.18. The fraction of sp³-hybridized carbons (Fsp3) is 0.0625. The molecule has 0 N–H and O–H groups in total. The predicted molar refractivity (Wildman–Crippen MR) is 168 cm³/mol. The van der Waals surface area contributed by atoms with Gasteiger partial charge in [0.2, 0.25) is 0 Å². The summed E-state index contributed by atoms with van der Waals surface area (Å²) in [4.78, 5) is 10.9. The maximum absolute atomic E-state index is 5.64. The summed E-state index contributed by atoms with van der Waals surface area (Å²) in [5.74, 6) is 25.8. The van der Waals surface area contributed by atoms with E-state index >= 15 is 0 Å². The molecule has 0 aliphatic carbocycles. The monoisotopic (exact) mass is 746 g/mol. The lowest BCUT2D eigenvalue weighted by atomic mass is 10.0. The summed E-state index contributed by atoms with van der Waals surface area (Å²) >= 11 is 12.6. The van der Waals surface area contributed by atoms with Gasteiger partial charge >= 0.3 is 0 Å². The van der Waals surface area contributed by atoms with Crippen LogP contribution >= 0.6 is 63.7 Å². The molecule has 0 amide bonds. The predicted octanol–water partition coefficient (Wildman–Crippen LogP) is 7.32. The molecule has 0 spiro atoms. The van der Waals surface area contributed by atoms with Crippen molar-refractivity contribution in [2.24, 2.45) is 0 Å². The minimum Gasteiger partial charge on any atom is -0.495 e. The Balaban J connectivity index is 2.11. The lowest BCUT2D eigenvalue weighted by Crippen LogP contribution is -1.95. The van der Waals surface area contributed by atoms with E-state index in [1.54, 1.807) is 26.4 Å². The molecule has 0 saturated carbocycles. The minimum atomic E-state index is 0.562. The summed E-state index contributed by atoms with van der Waals surface area (Å²) in [6.07, 6.45) is 0. The van der Waals surface area contributed by atoms with Gasteiger partial charge in [-0.2, -0.15) is 0 Å². The van der Waals surface area contributed by atoms with Crippen LogP contribution in [0.5, 0.6) is 11.5 Å². The second kappa shape index (κ2) is 15.1. The number of rotatable bonds is 2. The van der Waals surface area contributed by atoms with E-state index in [1.807, 2.05) is 36.4 Å². The third-order valence-electron chi connectivity index (χ3n) is 4.97. The van der Waals surface area contributed by atoms with Crippen LogP contribution in [0.3, 0.4) is 0 Å². The molecule has 6 heteroatoms. The first-order valence-electron chi connectivity index (χ1n) is 10.6. The Hall–Kier alpha value is -3.46. The third kappa shape index (κ3) is 7.77. The number of halogens is 4. The average Bonchev–Trinajstić information content (AvgIpc) is 2.93. The minimum absolute atomic E-state index is 0.562. The van der Waals surface area contributed by atoms with Crippen LogP contribution in [-0.4, -0.2) is 14.2 Å². The SMILES string of the molecule is COc1cc(C#Cc2cc(C#CBr)ccc2C#CBr)c(OC)cc1C#Cc1cc(C#CBr)ccc1C#CBr. The molecule has 2 nitrogen and oxygen atoms in total. The number of hydrogen-bond donors (Lipinski definition) is 0. The molecule has 182 valence electrons. The Labute approximate surface area is 256 Å². The zero-order chi connectivity index (χ0) is 27.3. The molecule has 0 atom stereocenters. The van der Waals surface area contributed by atoms with Gasteiger partial charge in [-0.15, -0.1) is 0 Å². The molecule has 0 aromatic heterocycles. The summed E-state index contributed by atoms with van der Waals surface area (Å²) in [5, 5.41) is 0. The van der Waals surface area contributed by atoms with Crippen LogP contribution in [-0.2, 0) is 0 Å². The molecule has 0 saturated heterocycles. The average molecular weight is 750 g/mol. The molecule has 3 aromatic carbocycles. The molecule has 0 radical (unpaired) electrons. The summed E-state index contributed by atoms with van der Waals surface area (Å²) in [6, 6.07) is 14.9. The largest absolute Gasteiger partial charge is 0.495 e. The highest BCUT2D eigenvalue weighted by molar-refractivity contribution is 9.12. The van der Waals surface area contributed by atoms with Crippen LogP contribution in [0.2, 0.25) is 0 Å². The van der Waals surface area contributed by atoms with Gasteiger partial charge in [-0.05, 0) is 55.7 Å². The van der Waals surface area contributed by atoms with E-state index in [-0.39, 0.29) is 0 Å². The van der Waals surface area contributed by atoms with Crippen LogP contribution in [0.4, 0.5) is 0 Å². The van der Waals surface area contributed by atoms with Crippen molar-refractivity contribution in [3.05, 3.63) is 93.0 Å². The van der Waals surface area contributed by atoms with Gasteiger partial charge in [-0.25, -0.2) is 0 Å². The molecule has 0 fully saturated rings. The standard InChI is InChI=1S/C32H14Br4O2/c1-37-31-21-30(10-8-28-20-24(12-16-34)4-6-26(28)14-18-36)32(38-2)22-29(31)9-7-27-19-23(11-15-33)3-5-25(27)13-17-35/h3-6,19-22H,1-2H3. The Morgan fingerprint density at radius 2 is 0.789 bits per heavy atom. The normalized spacial score (nSPS) is 8.58. The highest BCUT2D eigenvalue weighted by Crippen LogP contribution is 2.28. The van der Waals surface area contributed by atoms with E-state index in [0.717, 1.165) is 33.4 Å². The number of hydrogen-bond acceptors (Lipinski definition) is 2. The van der Waals surface area contributed by atoms with Gasteiger partial charge in [0, 0.05) is 109 Å². The van der Waals surface area contributed by atoms with Crippen LogP contribution in [0, 0.1) is 66.7 Å². The number of methoxy groups -OCH3 is 2. The Morgan fingerprint density at radius 3 is 1.13 bits per heavy atom. The van der Waals surface area contributed by atoms with E-state index in [1.165, 1.54) is 0 Å². The second-order valence-corrected chi connectivity index (χ2v) is 8.74. The number of benzene rings is 3. The Morgan fingerprint density at radius 1 is 0.421 bits per heavy atom. The first kappa shape index (κ1) is 29.1. The Kier molecular flexibility index (Phi) is 11.5. The van der Waals surface area contributed by atoms with Gasteiger partial charge in [0.25, 0.3) is 0 Å². The van der Waals surface area contributed by atoms with Crippen molar-refractivity contribution in [1.29, 1.82) is 0 Å². The molecule has 0 bridgehead atoms. The molecule has 0 heterocycles.